The van der Waals surface area contributed by atoms with E-state index in [2.05, 4.69) is 27.5 Å². The number of thiocarbonyl (C=S) groups is 1. The summed E-state index contributed by atoms with van der Waals surface area (Å²) in [6.07, 6.45) is 7.83. The van der Waals surface area contributed by atoms with Crippen molar-refractivity contribution in [2.75, 3.05) is 46.3 Å². The van der Waals surface area contributed by atoms with E-state index in [4.69, 9.17) is 12.2 Å². The van der Waals surface area contributed by atoms with Gasteiger partial charge in [-0.1, -0.05) is 19.3 Å². The van der Waals surface area contributed by atoms with Crippen molar-refractivity contribution in [3.8, 4) is 0 Å². The van der Waals surface area contributed by atoms with Crippen LogP contribution in [-0.2, 0) is 0 Å². The Morgan fingerprint density at radius 2 is 1.80 bits per heavy atom. The van der Waals surface area contributed by atoms with Crippen LogP contribution in [0.1, 0.15) is 38.5 Å². The second kappa shape index (κ2) is 8.80. The number of hydrogen-bond acceptors (Lipinski definition) is 3. The van der Waals surface area contributed by atoms with Gasteiger partial charge in [0.15, 0.2) is 5.11 Å². The summed E-state index contributed by atoms with van der Waals surface area (Å²) in [6.45, 7) is 7.00. The molecule has 2 fully saturated rings. The fourth-order valence-corrected chi connectivity index (χ4v) is 3.33. The first-order valence-corrected chi connectivity index (χ1v) is 8.60. The summed E-state index contributed by atoms with van der Waals surface area (Å²) in [6, 6.07) is 0.612. The number of hydrogen-bond donors (Lipinski definition) is 2. The fourth-order valence-electron chi connectivity index (χ4n) is 3.06. The van der Waals surface area contributed by atoms with Crippen LogP contribution in [-0.4, -0.2) is 67.3 Å². The molecule has 0 bridgehead atoms. The van der Waals surface area contributed by atoms with Crippen molar-refractivity contribution in [2.45, 2.75) is 44.6 Å². The highest BCUT2D eigenvalue weighted by Gasteiger charge is 2.14. The Labute approximate surface area is 129 Å². The van der Waals surface area contributed by atoms with E-state index in [0.717, 1.165) is 11.7 Å². The Hall–Kier alpha value is -0.390. The molecule has 0 aromatic carbocycles. The van der Waals surface area contributed by atoms with Gasteiger partial charge in [0.25, 0.3) is 0 Å². The Balaban J connectivity index is 1.48. The molecule has 1 saturated carbocycles. The van der Waals surface area contributed by atoms with Crippen LogP contribution >= 0.6 is 12.2 Å². The highest BCUT2D eigenvalue weighted by atomic mass is 32.1. The summed E-state index contributed by atoms with van der Waals surface area (Å²) >= 11 is 5.38. The van der Waals surface area contributed by atoms with Gasteiger partial charge in [-0.25, -0.2) is 0 Å². The van der Waals surface area contributed by atoms with E-state index >= 15 is 0 Å². The highest BCUT2D eigenvalue weighted by Crippen LogP contribution is 2.17. The third kappa shape index (κ3) is 5.94. The molecule has 0 aromatic rings. The number of nitrogens with one attached hydrogen (secondary N) is 2. The van der Waals surface area contributed by atoms with Crippen molar-refractivity contribution < 1.29 is 0 Å². The molecular weight excluding hydrogens is 268 g/mol. The molecule has 1 aliphatic carbocycles. The number of rotatable bonds is 5. The Bertz CT molecular complexity index is 284. The van der Waals surface area contributed by atoms with Gasteiger partial charge in [0, 0.05) is 38.8 Å². The van der Waals surface area contributed by atoms with Gasteiger partial charge in [-0.05, 0) is 45.1 Å². The first-order valence-electron chi connectivity index (χ1n) is 8.19. The maximum atomic E-state index is 5.38. The molecule has 1 saturated heterocycles. The molecule has 1 aliphatic heterocycles. The molecule has 0 atom stereocenters. The Morgan fingerprint density at radius 3 is 2.50 bits per heavy atom. The number of nitrogens with zero attached hydrogens (tertiary/aromatic N) is 2. The maximum absolute atomic E-state index is 5.38. The van der Waals surface area contributed by atoms with Crippen LogP contribution in [0.3, 0.4) is 0 Å². The molecule has 2 rings (SSSR count). The minimum Gasteiger partial charge on any atom is -0.363 e. The van der Waals surface area contributed by atoms with Gasteiger partial charge in [0.2, 0.25) is 0 Å². The van der Waals surface area contributed by atoms with Crippen LogP contribution < -0.4 is 10.6 Å². The van der Waals surface area contributed by atoms with Crippen molar-refractivity contribution in [3.63, 3.8) is 0 Å². The molecule has 4 nitrogen and oxygen atoms in total. The second-order valence-electron chi connectivity index (χ2n) is 6.23. The summed E-state index contributed by atoms with van der Waals surface area (Å²) in [5.74, 6) is 0. The lowest BCUT2D eigenvalue weighted by Gasteiger charge is -2.32. The third-order valence-electron chi connectivity index (χ3n) is 4.47. The van der Waals surface area contributed by atoms with Crippen LogP contribution in [0.4, 0.5) is 0 Å². The SMILES string of the molecule is CN1CCN(CCCNC(=S)NC2CCCCC2)CC1. The van der Waals surface area contributed by atoms with Crippen LogP contribution in [0, 0.1) is 0 Å². The summed E-state index contributed by atoms with van der Waals surface area (Å²) in [5.41, 5.74) is 0. The second-order valence-corrected chi connectivity index (χ2v) is 6.64. The van der Waals surface area contributed by atoms with Crippen molar-refractivity contribution in [2.24, 2.45) is 0 Å². The quantitative estimate of drug-likeness (QED) is 0.592. The predicted molar refractivity (Wildman–Crippen MR) is 89.2 cm³/mol. The van der Waals surface area contributed by atoms with Crippen LogP contribution in [0.2, 0.25) is 0 Å². The van der Waals surface area contributed by atoms with E-state index in [1.54, 1.807) is 0 Å². The monoisotopic (exact) mass is 298 g/mol. The molecule has 5 heteroatoms. The molecule has 0 aromatic heterocycles. The zero-order valence-corrected chi connectivity index (χ0v) is 13.7. The molecule has 0 spiro atoms. The van der Waals surface area contributed by atoms with Gasteiger partial charge in [0.05, 0.1) is 0 Å². The highest BCUT2D eigenvalue weighted by molar-refractivity contribution is 7.80. The Kier molecular flexibility index (Phi) is 7.03. The minimum absolute atomic E-state index is 0.612. The van der Waals surface area contributed by atoms with Crippen LogP contribution in [0.15, 0.2) is 0 Å². The molecule has 2 N–H and O–H groups in total. The zero-order chi connectivity index (χ0) is 14.2. The van der Waals surface area contributed by atoms with E-state index < -0.39 is 0 Å². The largest absolute Gasteiger partial charge is 0.363 e. The molecule has 0 unspecified atom stereocenters. The van der Waals surface area contributed by atoms with Crippen molar-refractivity contribution in [3.05, 3.63) is 0 Å². The van der Waals surface area contributed by atoms with Gasteiger partial charge in [-0.2, -0.15) is 0 Å². The van der Waals surface area contributed by atoms with Gasteiger partial charge in [0.1, 0.15) is 0 Å². The summed E-state index contributed by atoms with van der Waals surface area (Å²) < 4.78 is 0. The molecule has 1 heterocycles. The van der Waals surface area contributed by atoms with Crippen molar-refractivity contribution in [1.82, 2.24) is 20.4 Å². The third-order valence-corrected chi connectivity index (χ3v) is 4.74. The van der Waals surface area contributed by atoms with Crippen molar-refractivity contribution in [1.29, 1.82) is 0 Å². The molecular formula is C15H30N4S. The fraction of sp³-hybridized carbons (Fsp3) is 0.933. The topological polar surface area (TPSA) is 30.5 Å². The molecule has 20 heavy (non-hydrogen) atoms. The first kappa shape index (κ1) is 16.0. The summed E-state index contributed by atoms with van der Waals surface area (Å²) in [5, 5.41) is 7.68. The molecule has 116 valence electrons. The lowest BCUT2D eigenvalue weighted by atomic mass is 9.96. The molecule has 0 amide bonds. The normalized spacial score (nSPS) is 22.6. The number of piperazine rings is 1. The van der Waals surface area contributed by atoms with Gasteiger partial charge in [-0.3, -0.25) is 0 Å². The van der Waals surface area contributed by atoms with Gasteiger partial charge in [-0.15, -0.1) is 0 Å². The summed E-state index contributed by atoms with van der Waals surface area (Å²) in [4.78, 5) is 4.96. The van der Waals surface area contributed by atoms with E-state index in [-0.39, 0.29) is 0 Å². The molecule has 2 aliphatic rings. The molecule has 0 radical (unpaired) electrons. The summed E-state index contributed by atoms with van der Waals surface area (Å²) in [7, 11) is 2.20. The first-order chi connectivity index (χ1) is 9.74. The minimum atomic E-state index is 0.612. The number of likely N-dealkylation sites (N-methyl/N-ethyl adjacent to an activating group) is 1. The predicted octanol–water partition coefficient (Wildman–Crippen LogP) is 1.42. The lowest BCUT2D eigenvalue weighted by molar-refractivity contribution is 0.153. The van der Waals surface area contributed by atoms with Crippen LogP contribution in [0.5, 0.6) is 0 Å². The standard InChI is InChI=1S/C15H30N4S/c1-18-10-12-19(13-11-18)9-5-8-16-15(20)17-14-6-3-2-4-7-14/h14H,2-13H2,1H3,(H2,16,17,20). The van der Waals surface area contributed by atoms with Crippen LogP contribution in [0.25, 0.3) is 0 Å². The Morgan fingerprint density at radius 1 is 1.10 bits per heavy atom. The van der Waals surface area contributed by atoms with E-state index in [0.29, 0.717) is 6.04 Å². The average Bonchev–Trinajstić information content (AvgIpc) is 2.46. The van der Waals surface area contributed by atoms with Gasteiger partial charge < -0.3 is 20.4 Å². The maximum Gasteiger partial charge on any atom is 0.166 e. The zero-order valence-electron chi connectivity index (χ0n) is 12.9. The van der Waals surface area contributed by atoms with E-state index in [9.17, 15) is 0 Å². The van der Waals surface area contributed by atoms with E-state index in [1.165, 1.54) is 71.2 Å². The van der Waals surface area contributed by atoms with Gasteiger partial charge >= 0.3 is 0 Å². The van der Waals surface area contributed by atoms with E-state index in [1.807, 2.05) is 0 Å². The average molecular weight is 299 g/mol. The lowest BCUT2D eigenvalue weighted by Crippen LogP contribution is -2.46. The smallest absolute Gasteiger partial charge is 0.166 e. The van der Waals surface area contributed by atoms with Crippen molar-refractivity contribution >= 4 is 17.3 Å².